The number of hydrogen-bond donors (Lipinski definition) is 1. The van der Waals surface area contributed by atoms with Crippen LogP contribution in [0.15, 0.2) is 12.3 Å². The molecule has 1 atom stereocenters. The maximum Gasteiger partial charge on any atom is 0.322 e. The molecule has 0 amide bonds. The van der Waals surface area contributed by atoms with Gasteiger partial charge in [-0.1, -0.05) is 13.8 Å². The number of methoxy groups -OCH3 is 1. The fourth-order valence-corrected chi connectivity index (χ4v) is 1.86. The van der Waals surface area contributed by atoms with Gasteiger partial charge in [0.05, 0.1) is 18.8 Å². The van der Waals surface area contributed by atoms with E-state index in [1.54, 1.807) is 6.92 Å². The Balaban J connectivity index is 2.51. The number of rotatable bonds is 7. The first kappa shape index (κ1) is 14.7. The number of nitrogens with zero attached hydrogens (tertiary/aromatic N) is 2. The van der Waals surface area contributed by atoms with E-state index >= 15 is 0 Å². The molecule has 0 aliphatic carbocycles. The van der Waals surface area contributed by atoms with Gasteiger partial charge in [0.1, 0.15) is 6.04 Å². The van der Waals surface area contributed by atoms with E-state index in [1.807, 2.05) is 16.9 Å². The third-order valence-electron chi connectivity index (χ3n) is 3.12. The van der Waals surface area contributed by atoms with Gasteiger partial charge in [-0.15, -0.1) is 0 Å². The van der Waals surface area contributed by atoms with Crippen LogP contribution in [-0.2, 0) is 16.1 Å². The molecule has 0 radical (unpaired) electrons. The summed E-state index contributed by atoms with van der Waals surface area (Å²) in [6, 6.07) is 2.13. The summed E-state index contributed by atoms with van der Waals surface area (Å²) < 4.78 is 6.65. The normalized spacial score (nSPS) is 12.7. The average molecular weight is 253 g/mol. The molecule has 0 aromatic carbocycles. The number of ether oxygens (including phenoxy) is 1. The lowest BCUT2D eigenvalue weighted by molar-refractivity contribution is -0.142. The van der Waals surface area contributed by atoms with Gasteiger partial charge < -0.3 is 4.74 Å². The highest BCUT2D eigenvalue weighted by molar-refractivity contribution is 5.75. The Hall–Kier alpha value is -1.36. The number of carbonyl (C=O) groups is 1. The van der Waals surface area contributed by atoms with Crippen molar-refractivity contribution in [1.82, 2.24) is 15.1 Å². The summed E-state index contributed by atoms with van der Waals surface area (Å²) in [7, 11) is 1.39. The Morgan fingerprint density at radius 1 is 1.50 bits per heavy atom. The zero-order chi connectivity index (χ0) is 13.5. The topological polar surface area (TPSA) is 56.2 Å². The molecule has 0 saturated carbocycles. The monoisotopic (exact) mass is 253 g/mol. The second-order valence-corrected chi connectivity index (χ2v) is 4.38. The Morgan fingerprint density at radius 2 is 2.17 bits per heavy atom. The highest BCUT2D eigenvalue weighted by atomic mass is 16.5. The predicted octanol–water partition coefficient (Wildman–Crippen LogP) is 1.90. The van der Waals surface area contributed by atoms with E-state index in [9.17, 15) is 4.79 Å². The Morgan fingerprint density at radius 3 is 2.72 bits per heavy atom. The quantitative estimate of drug-likeness (QED) is 0.754. The van der Waals surface area contributed by atoms with Gasteiger partial charge in [0.15, 0.2) is 0 Å². The first-order valence-corrected chi connectivity index (χ1v) is 6.47. The van der Waals surface area contributed by atoms with E-state index in [-0.39, 0.29) is 12.0 Å². The van der Waals surface area contributed by atoms with Gasteiger partial charge in [0.2, 0.25) is 0 Å². The Kier molecular flexibility index (Phi) is 5.85. The minimum Gasteiger partial charge on any atom is -0.468 e. The number of esters is 1. The number of carbonyl (C=O) groups excluding carboxylic acids is 1. The smallest absolute Gasteiger partial charge is 0.322 e. The third-order valence-corrected chi connectivity index (χ3v) is 3.12. The summed E-state index contributed by atoms with van der Waals surface area (Å²) in [5.41, 5.74) is 0.942. The number of hydrogen-bond acceptors (Lipinski definition) is 4. The molecule has 1 aromatic rings. The van der Waals surface area contributed by atoms with Crippen LogP contribution in [0.3, 0.4) is 0 Å². The minimum absolute atomic E-state index is 0.255. The second-order valence-electron chi connectivity index (χ2n) is 4.38. The van der Waals surface area contributed by atoms with E-state index in [2.05, 4.69) is 29.0 Å². The van der Waals surface area contributed by atoms with Crippen LogP contribution in [0.2, 0.25) is 0 Å². The molecule has 0 aliphatic rings. The van der Waals surface area contributed by atoms with Crippen LogP contribution >= 0.6 is 0 Å². The van der Waals surface area contributed by atoms with Crippen molar-refractivity contribution in [3.05, 3.63) is 18.0 Å². The zero-order valence-electron chi connectivity index (χ0n) is 11.6. The van der Waals surface area contributed by atoms with Gasteiger partial charge in [-0.3, -0.25) is 14.8 Å². The van der Waals surface area contributed by atoms with Crippen molar-refractivity contribution in [2.24, 2.45) is 0 Å². The first-order valence-electron chi connectivity index (χ1n) is 6.47. The van der Waals surface area contributed by atoms with Crippen molar-refractivity contribution in [3.8, 4) is 0 Å². The molecule has 5 nitrogen and oxygen atoms in total. The molecule has 0 fully saturated rings. The van der Waals surface area contributed by atoms with E-state index in [0.29, 0.717) is 12.6 Å². The zero-order valence-corrected chi connectivity index (χ0v) is 11.6. The van der Waals surface area contributed by atoms with Crippen LogP contribution in [0.25, 0.3) is 0 Å². The fourth-order valence-electron chi connectivity index (χ4n) is 1.86. The molecule has 18 heavy (non-hydrogen) atoms. The van der Waals surface area contributed by atoms with Crippen molar-refractivity contribution in [1.29, 1.82) is 0 Å². The lowest BCUT2D eigenvalue weighted by Gasteiger charge is -2.13. The molecule has 1 rings (SSSR count). The molecule has 5 heteroatoms. The van der Waals surface area contributed by atoms with E-state index in [4.69, 9.17) is 0 Å². The maximum absolute atomic E-state index is 11.2. The van der Waals surface area contributed by atoms with Gasteiger partial charge in [-0.25, -0.2) is 0 Å². The molecule has 0 spiro atoms. The molecule has 0 bridgehead atoms. The molecule has 1 heterocycles. The minimum atomic E-state index is -0.312. The third kappa shape index (κ3) is 3.84. The van der Waals surface area contributed by atoms with Gasteiger partial charge in [0, 0.05) is 12.7 Å². The molecule has 1 aromatic heterocycles. The Bertz CT molecular complexity index is 372. The van der Waals surface area contributed by atoms with Crippen LogP contribution < -0.4 is 5.32 Å². The molecular weight excluding hydrogens is 230 g/mol. The van der Waals surface area contributed by atoms with Crippen molar-refractivity contribution >= 4 is 5.97 Å². The molecule has 0 saturated heterocycles. The highest BCUT2D eigenvalue weighted by Gasteiger charge is 2.13. The van der Waals surface area contributed by atoms with Gasteiger partial charge >= 0.3 is 5.97 Å². The standard InChI is InChI=1S/C13H23N3O2/c1-5-12(6-2)16-8-7-11(15-16)9-14-10(3)13(17)18-4/h7-8,10,12,14H,5-6,9H2,1-4H3. The van der Waals surface area contributed by atoms with Crippen LogP contribution in [-0.4, -0.2) is 28.9 Å². The second kappa shape index (κ2) is 7.16. The fraction of sp³-hybridized carbons (Fsp3) is 0.692. The predicted molar refractivity (Wildman–Crippen MR) is 70.2 cm³/mol. The van der Waals surface area contributed by atoms with Gasteiger partial charge in [-0.2, -0.15) is 5.10 Å². The van der Waals surface area contributed by atoms with Crippen LogP contribution in [0.5, 0.6) is 0 Å². The van der Waals surface area contributed by atoms with Crippen molar-refractivity contribution in [2.75, 3.05) is 7.11 Å². The molecular formula is C13H23N3O2. The Labute approximate surface area is 109 Å². The van der Waals surface area contributed by atoms with Crippen molar-refractivity contribution < 1.29 is 9.53 Å². The largest absolute Gasteiger partial charge is 0.468 e. The van der Waals surface area contributed by atoms with Crippen molar-refractivity contribution in [2.45, 2.75) is 52.2 Å². The lowest BCUT2D eigenvalue weighted by atomic mass is 10.2. The molecule has 1 unspecified atom stereocenters. The molecule has 102 valence electrons. The summed E-state index contributed by atoms with van der Waals surface area (Å²) in [4.78, 5) is 11.2. The summed E-state index contributed by atoms with van der Waals surface area (Å²) in [6.07, 6.45) is 4.14. The summed E-state index contributed by atoms with van der Waals surface area (Å²) >= 11 is 0. The van der Waals surface area contributed by atoms with E-state index in [1.165, 1.54) is 7.11 Å². The van der Waals surface area contributed by atoms with Crippen molar-refractivity contribution in [3.63, 3.8) is 0 Å². The molecule has 0 aliphatic heterocycles. The summed E-state index contributed by atoms with van der Waals surface area (Å²) in [5, 5.41) is 7.60. The van der Waals surface area contributed by atoms with Crippen LogP contribution in [0, 0.1) is 0 Å². The molecule has 1 N–H and O–H groups in total. The lowest BCUT2D eigenvalue weighted by Crippen LogP contribution is -2.34. The maximum atomic E-state index is 11.2. The van der Waals surface area contributed by atoms with E-state index < -0.39 is 0 Å². The SMILES string of the molecule is CCC(CC)n1ccc(CNC(C)C(=O)OC)n1. The van der Waals surface area contributed by atoms with Gasteiger partial charge in [0.25, 0.3) is 0 Å². The first-order chi connectivity index (χ1) is 8.62. The van der Waals surface area contributed by atoms with E-state index in [0.717, 1.165) is 18.5 Å². The summed E-state index contributed by atoms with van der Waals surface area (Å²) in [6.45, 7) is 6.67. The number of nitrogens with one attached hydrogen (secondary N) is 1. The number of aromatic nitrogens is 2. The highest BCUT2D eigenvalue weighted by Crippen LogP contribution is 2.14. The van der Waals surface area contributed by atoms with Crippen LogP contribution in [0.1, 0.15) is 45.3 Å². The average Bonchev–Trinajstić information content (AvgIpc) is 2.85. The van der Waals surface area contributed by atoms with Crippen LogP contribution in [0.4, 0.5) is 0 Å². The van der Waals surface area contributed by atoms with Gasteiger partial charge in [-0.05, 0) is 25.8 Å². The summed E-state index contributed by atoms with van der Waals surface area (Å²) in [5.74, 6) is -0.255.